The molecular weight excluding hydrogens is 354 g/mol. The molecule has 140 valence electrons. The second-order valence-corrected chi connectivity index (χ2v) is 7.98. The highest BCUT2D eigenvalue weighted by atomic mass is 32.2. The molecule has 1 atom stereocenters. The zero-order valence-electron chi connectivity index (χ0n) is 14.7. The molecule has 0 fully saturated rings. The molecular formula is C19H22NO5S-. The first kappa shape index (κ1) is 19.9. The smallest absolute Gasteiger partial charge is 0.216 e. The third-order valence-electron chi connectivity index (χ3n) is 3.55. The van der Waals surface area contributed by atoms with Crippen molar-refractivity contribution in [1.29, 1.82) is 0 Å². The van der Waals surface area contributed by atoms with Gasteiger partial charge in [0.05, 0.1) is 17.9 Å². The lowest BCUT2D eigenvalue weighted by Gasteiger charge is -2.20. The Bertz CT molecular complexity index is 817. The summed E-state index contributed by atoms with van der Waals surface area (Å²) in [5.41, 5.74) is 1.15. The van der Waals surface area contributed by atoms with E-state index in [9.17, 15) is 18.3 Å². The lowest BCUT2D eigenvalue weighted by Crippen LogP contribution is -2.34. The number of carboxylic acid groups (broad SMARTS) is 1. The molecule has 0 aliphatic heterocycles. The summed E-state index contributed by atoms with van der Waals surface area (Å²) in [5.74, 6) is -0.936. The fourth-order valence-corrected chi connectivity index (χ4v) is 3.86. The molecule has 0 aliphatic rings. The van der Waals surface area contributed by atoms with E-state index in [1.54, 1.807) is 54.6 Å². The van der Waals surface area contributed by atoms with Gasteiger partial charge in [0.25, 0.3) is 0 Å². The van der Waals surface area contributed by atoms with Crippen molar-refractivity contribution in [3.8, 4) is 5.75 Å². The lowest BCUT2D eigenvalue weighted by atomic mass is 10.0. The molecule has 1 N–H and O–H groups in total. The fraction of sp³-hybridized carbons (Fsp3) is 0.316. The summed E-state index contributed by atoms with van der Waals surface area (Å²) in [5, 5.41) is 11.1. The number of aliphatic carboxylic acids is 1. The molecule has 0 heterocycles. The molecule has 2 aromatic carbocycles. The van der Waals surface area contributed by atoms with Crippen LogP contribution in [0.5, 0.6) is 5.75 Å². The van der Waals surface area contributed by atoms with E-state index >= 15 is 0 Å². The number of carboxylic acids is 1. The van der Waals surface area contributed by atoms with E-state index in [4.69, 9.17) is 4.74 Å². The fourth-order valence-electron chi connectivity index (χ4n) is 2.50. The Morgan fingerprint density at radius 2 is 1.69 bits per heavy atom. The third-order valence-corrected chi connectivity index (χ3v) is 4.90. The van der Waals surface area contributed by atoms with Crippen LogP contribution in [0, 0.1) is 0 Å². The first-order valence-corrected chi connectivity index (χ1v) is 9.91. The first-order valence-electron chi connectivity index (χ1n) is 8.25. The summed E-state index contributed by atoms with van der Waals surface area (Å²) < 4.78 is 32.9. The minimum absolute atomic E-state index is 0.00393. The normalized spacial score (nSPS) is 12.7. The second-order valence-electron chi connectivity index (χ2n) is 6.23. The summed E-state index contributed by atoms with van der Waals surface area (Å²) in [6.45, 7) is 3.79. The largest absolute Gasteiger partial charge is 0.550 e. The Morgan fingerprint density at radius 3 is 2.23 bits per heavy atom. The predicted molar refractivity (Wildman–Crippen MR) is 96.8 cm³/mol. The maximum Gasteiger partial charge on any atom is 0.216 e. The second kappa shape index (κ2) is 8.82. The van der Waals surface area contributed by atoms with Crippen molar-refractivity contribution in [2.24, 2.45) is 0 Å². The van der Waals surface area contributed by atoms with Crippen LogP contribution in [0.3, 0.4) is 0 Å². The molecule has 0 aromatic heterocycles. The van der Waals surface area contributed by atoms with Crippen LogP contribution in [0.1, 0.15) is 37.4 Å². The molecule has 26 heavy (non-hydrogen) atoms. The van der Waals surface area contributed by atoms with Gasteiger partial charge in [0.2, 0.25) is 10.0 Å². The average Bonchev–Trinajstić information content (AvgIpc) is 2.54. The Kier molecular flexibility index (Phi) is 6.76. The molecule has 0 aliphatic carbocycles. The van der Waals surface area contributed by atoms with Crippen LogP contribution in [-0.4, -0.2) is 20.5 Å². The molecule has 0 radical (unpaired) electrons. The van der Waals surface area contributed by atoms with Crippen LogP contribution in [0.25, 0.3) is 0 Å². The van der Waals surface area contributed by atoms with Crippen molar-refractivity contribution in [2.45, 2.75) is 38.2 Å². The van der Waals surface area contributed by atoms with Gasteiger partial charge in [-0.25, -0.2) is 13.1 Å². The van der Waals surface area contributed by atoms with Gasteiger partial charge in [-0.1, -0.05) is 42.5 Å². The number of hydrogen-bond donors (Lipinski definition) is 1. The molecule has 0 saturated carbocycles. The highest BCUT2D eigenvalue weighted by molar-refractivity contribution is 7.88. The van der Waals surface area contributed by atoms with Gasteiger partial charge in [-0.15, -0.1) is 0 Å². The van der Waals surface area contributed by atoms with E-state index in [0.717, 1.165) is 0 Å². The molecule has 1 unspecified atom stereocenters. The molecule has 2 rings (SSSR count). The molecule has 0 saturated heterocycles. The first-order chi connectivity index (χ1) is 12.2. The Balaban J connectivity index is 2.17. The van der Waals surface area contributed by atoms with E-state index < -0.39 is 28.5 Å². The van der Waals surface area contributed by atoms with Gasteiger partial charge in [0.15, 0.2) is 0 Å². The SMILES string of the molecule is CC(C)Oc1ccc(C(CC(=O)[O-])NS(=O)(=O)Cc2ccccc2)cc1. The Labute approximate surface area is 153 Å². The topological polar surface area (TPSA) is 95.5 Å². The lowest BCUT2D eigenvalue weighted by molar-refractivity contribution is -0.306. The molecule has 2 aromatic rings. The van der Waals surface area contributed by atoms with E-state index in [-0.39, 0.29) is 11.9 Å². The van der Waals surface area contributed by atoms with Gasteiger partial charge in [-0.05, 0) is 37.1 Å². The van der Waals surface area contributed by atoms with Crippen molar-refractivity contribution in [3.63, 3.8) is 0 Å². The van der Waals surface area contributed by atoms with Crippen molar-refractivity contribution in [1.82, 2.24) is 4.72 Å². The third kappa shape index (κ3) is 6.50. The van der Waals surface area contributed by atoms with Gasteiger partial charge in [0, 0.05) is 12.4 Å². The number of carbonyl (C=O) groups is 1. The van der Waals surface area contributed by atoms with Gasteiger partial charge in [0.1, 0.15) is 5.75 Å². The van der Waals surface area contributed by atoms with Crippen LogP contribution in [0.4, 0.5) is 0 Å². The summed E-state index contributed by atoms with van der Waals surface area (Å²) in [6.07, 6.45) is -0.456. The van der Waals surface area contributed by atoms with Crippen molar-refractivity contribution in [2.75, 3.05) is 0 Å². The van der Waals surface area contributed by atoms with E-state index in [1.807, 2.05) is 13.8 Å². The maximum absolute atomic E-state index is 12.4. The van der Waals surface area contributed by atoms with Gasteiger partial charge < -0.3 is 14.6 Å². The van der Waals surface area contributed by atoms with Crippen LogP contribution < -0.4 is 14.6 Å². The zero-order chi connectivity index (χ0) is 19.2. The minimum Gasteiger partial charge on any atom is -0.550 e. The number of nitrogens with one attached hydrogen (secondary N) is 1. The van der Waals surface area contributed by atoms with Crippen LogP contribution in [-0.2, 0) is 20.6 Å². The Morgan fingerprint density at radius 1 is 1.08 bits per heavy atom. The molecule has 0 amide bonds. The van der Waals surface area contributed by atoms with Crippen molar-refractivity contribution in [3.05, 3.63) is 65.7 Å². The average molecular weight is 376 g/mol. The summed E-state index contributed by atoms with van der Waals surface area (Å²) in [4.78, 5) is 11.1. The van der Waals surface area contributed by atoms with Gasteiger partial charge in [-0.2, -0.15) is 0 Å². The number of benzene rings is 2. The number of carbonyl (C=O) groups excluding carboxylic acids is 1. The van der Waals surface area contributed by atoms with Gasteiger partial charge in [-0.3, -0.25) is 0 Å². The number of hydrogen-bond acceptors (Lipinski definition) is 5. The quantitative estimate of drug-likeness (QED) is 0.720. The molecule has 7 heteroatoms. The summed E-state index contributed by atoms with van der Waals surface area (Å²) >= 11 is 0. The summed E-state index contributed by atoms with van der Waals surface area (Å²) in [6, 6.07) is 14.4. The predicted octanol–water partition coefficient (Wildman–Crippen LogP) is 1.77. The minimum atomic E-state index is -3.73. The monoisotopic (exact) mass is 376 g/mol. The highest BCUT2D eigenvalue weighted by Crippen LogP contribution is 2.22. The van der Waals surface area contributed by atoms with Crippen LogP contribution in [0.15, 0.2) is 54.6 Å². The number of ether oxygens (including phenoxy) is 1. The standard InChI is InChI=1S/C19H23NO5S/c1-14(2)25-17-10-8-16(9-11-17)18(12-19(21)22)20-26(23,24)13-15-6-4-3-5-7-15/h3-11,14,18,20H,12-13H2,1-2H3,(H,21,22)/p-1. The molecule has 0 bridgehead atoms. The number of sulfonamides is 1. The van der Waals surface area contributed by atoms with Crippen molar-refractivity contribution >= 4 is 16.0 Å². The molecule has 0 spiro atoms. The van der Waals surface area contributed by atoms with Gasteiger partial charge >= 0.3 is 0 Å². The van der Waals surface area contributed by atoms with E-state index in [2.05, 4.69) is 4.72 Å². The maximum atomic E-state index is 12.4. The van der Waals surface area contributed by atoms with Crippen LogP contribution in [0.2, 0.25) is 0 Å². The van der Waals surface area contributed by atoms with Crippen molar-refractivity contribution < 1.29 is 23.1 Å². The molecule has 6 nitrogen and oxygen atoms in total. The summed E-state index contributed by atoms with van der Waals surface area (Å²) in [7, 11) is -3.73. The highest BCUT2D eigenvalue weighted by Gasteiger charge is 2.20. The number of rotatable bonds is 9. The van der Waals surface area contributed by atoms with E-state index in [1.165, 1.54) is 0 Å². The zero-order valence-corrected chi connectivity index (χ0v) is 15.5. The van der Waals surface area contributed by atoms with E-state index in [0.29, 0.717) is 16.9 Å². The van der Waals surface area contributed by atoms with Crippen LogP contribution >= 0.6 is 0 Å². The Hall–Kier alpha value is -2.38.